The Morgan fingerprint density at radius 1 is 1.15 bits per heavy atom. The smallest absolute Gasteiger partial charge is 0.404 e. The number of nitrogens with zero attached hydrogens (tertiary/aromatic N) is 1. The van der Waals surface area contributed by atoms with Crippen LogP contribution in [0.1, 0.15) is 60.8 Å². The topological polar surface area (TPSA) is 119 Å². The summed E-state index contributed by atoms with van der Waals surface area (Å²) >= 11 is 0. The number of aromatic nitrogens is 1. The van der Waals surface area contributed by atoms with Gasteiger partial charge < -0.3 is 29.8 Å². The normalized spacial score (nSPS) is 29.2. The molecule has 9 nitrogen and oxygen atoms in total. The van der Waals surface area contributed by atoms with Crippen molar-refractivity contribution in [2.45, 2.75) is 90.6 Å². The Kier molecular flexibility index (Phi) is 7.41. The Morgan fingerprint density at radius 2 is 1.87 bits per heavy atom. The van der Waals surface area contributed by atoms with Gasteiger partial charge >= 0.3 is 13.2 Å². The van der Waals surface area contributed by atoms with Gasteiger partial charge in [0, 0.05) is 17.6 Å². The molecule has 2 aromatic rings. The van der Waals surface area contributed by atoms with Gasteiger partial charge in [0.05, 0.1) is 23.8 Å². The van der Waals surface area contributed by atoms with E-state index >= 15 is 0 Å². The van der Waals surface area contributed by atoms with E-state index in [0.29, 0.717) is 18.3 Å². The molecule has 0 radical (unpaired) electrons. The Balaban J connectivity index is 1.25. The number of aliphatic hydroxyl groups is 1. The standard InChI is InChI=1S/C29H40BN3O6/c1-16(2)11-23(30-38-22-14-20-13-21(28(20,4)5)29(22,6)39-30)32-26(35)25(17(3)34)33-27(36)37-24-12-18-9-7-8-10-19(18)15-31-24/h7-10,12,15-17,20-23,25,34H,11,13-14H2,1-6H3,(H,32,35)(H,33,36)/t17-,20+,21+,22-,23+,25+,29+/m1/s1. The molecular formula is C29H40BN3O6. The summed E-state index contributed by atoms with van der Waals surface area (Å²) < 4.78 is 18.4. The first-order valence-electron chi connectivity index (χ1n) is 14.0. The Bertz CT molecular complexity index is 1240. The lowest BCUT2D eigenvalue weighted by atomic mass is 9.43. The third-order valence-electron chi connectivity index (χ3n) is 9.19. The van der Waals surface area contributed by atoms with Gasteiger partial charge in [0.2, 0.25) is 11.8 Å². The van der Waals surface area contributed by atoms with Crippen LogP contribution in [0.4, 0.5) is 4.79 Å². The molecule has 4 fully saturated rings. The molecule has 10 heteroatoms. The van der Waals surface area contributed by atoms with Crippen LogP contribution in [0.3, 0.4) is 0 Å². The molecule has 2 bridgehead atoms. The lowest BCUT2D eigenvalue weighted by Crippen LogP contribution is -2.65. The summed E-state index contributed by atoms with van der Waals surface area (Å²) in [6.07, 6.45) is 2.26. The average molecular weight is 537 g/mol. The molecule has 1 aromatic carbocycles. The summed E-state index contributed by atoms with van der Waals surface area (Å²) in [6, 6.07) is 7.98. The van der Waals surface area contributed by atoms with Crippen molar-refractivity contribution in [2.75, 3.05) is 0 Å². The molecule has 0 spiro atoms. The first-order valence-corrected chi connectivity index (χ1v) is 14.0. The van der Waals surface area contributed by atoms with Crippen molar-refractivity contribution in [1.29, 1.82) is 0 Å². The van der Waals surface area contributed by atoms with Crippen LogP contribution in [0.15, 0.2) is 36.5 Å². The Hall–Kier alpha value is -2.69. The summed E-state index contributed by atoms with van der Waals surface area (Å²) in [5, 5.41) is 17.7. The second kappa shape index (κ2) is 10.4. The molecule has 7 atom stereocenters. The number of aliphatic hydroxyl groups excluding tert-OH is 1. The molecule has 2 amide bonds. The van der Waals surface area contributed by atoms with Gasteiger partial charge in [-0.05, 0) is 61.7 Å². The molecule has 0 unspecified atom stereocenters. The quantitative estimate of drug-likeness (QED) is 0.438. The lowest BCUT2D eigenvalue weighted by Gasteiger charge is -2.64. The predicted molar refractivity (Wildman–Crippen MR) is 148 cm³/mol. The van der Waals surface area contributed by atoms with E-state index in [4.69, 9.17) is 14.0 Å². The van der Waals surface area contributed by atoms with Gasteiger partial charge in [-0.2, -0.15) is 0 Å². The van der Waals surface area contributed by atoms with Crippen LogP contribution in [-0.4, -0.2) is 59.0 Å². The summed E-state index contributed by atoms with van der Waals surface area (Å²) in [7, 11) is -0.607. The first-order chi connectivity index (χ1) is 18.4. The number of carbonyl (C=O) groups is 2. The minimum Gasteiger partial charge on any atom is -0.404 e. The molecule has 1 aromatic heterocycles. The third kappa shape index (κ3) is 5.26. The van der Waals surface area contributed by atoms with Crippen LogP contribution in [0.25, 0.3) is 10.8 Å². The summed E-state index contributed by atoms with van der Waals surface area (Å²) in [4.78, 5) is 30.2. The Labute approximate surface area is 230 Å². The van der Waals surface area contributed by atoms with Gasteiger partial charge in [-0.15, -0.1) is 0 Å². The van der Waals surface area contributed by atoms with Crippen LogP contribution in [0.5, 0.6) is 5.88 Å². The van der Waals surface area contributed by atoms with Crippen molar-refractivity contribution < 1.29 is 28.7 Å². The van der Waals surface area contributed by atoms with Gasteiger partial charge in [0.15, 0.2) is 0 Å². The van der Waals surface area contributed by atoms with E-state index in [1.54, 1.807) is 12.3 Å². The van der Waals surface area contributed by atoms with Crippen molar-refractivity contribution in [3.63, 3.8) is 0 Å². The number of fused-ring (bicyclic) bond motifs is 1. The second-order valence-corrected chi connectivity index (χ2v) is 12.7. The molecule has 210 valence electrons. The molecular weight excluding hydrogens is 497 g/mol. The van der Waals surface area contributed by atoms with Crippen molar-refractivity contribution in [3.05, 3.63) is 36.5 Å². The lowest BCUT2D eigenvalue weighted by molar-refractivity contribution is -0.199. The fourth-order valence-electron chi connectivity index (χ4n) is 6.87. The molecule has 2 heterocycles. The molecule has 3 aliphatic carbocycles. The third-order valence-corrected chi connectivity index (χ3v) is 9.19. The maximum Gasteiger partial charge on any atom is 0.481 e. The number of hydrogen-bond donors (Lipinski definition) is 3. The molecule has 1 saturated heterocycles. The molecule has 4 aliphatic rings. The highest BCUT2D eigenvalue weighted by molar-refractivity contribution is 6.48. The largest absolute Gasteiger partial charge is 0.481 e. The van der Waals surface area contributed by atoms with Gasteiger partial charge in [0.1, 0.15) is 6.04 Å². The summed E-state index contributed by atoms with van der Waals surface area (Å²) in [5.41, 5.74) is -0.191. The van der Waals surface area contributed by atoms with Gasteiger partial charge in [-0.1, -0.05) is 52.0 Å². The SMILES string of the molecule is CC(C)C[C@H](NC(=O)[C@@H](NC(=O)Oc1cc2ccccc2cn1)[C@@H](C)O)B1O[C@@H]2C[C@@H]3C[C@@H](C3(C)C)[C@]2(C)O1. The van der Waals surface area contributed by atoms with E-state index in [9.17, 15) is 14.7 Å². The maximum atomic E-state index is 13.4. The number of hydrogen-bond acceptors (Lipinski definition) is 7. The zero-order valence-electron chi connectivity index (χ0n) is 23.6. The second-order valence-electron chi connectivity index (χ2n) is 12.7. The fraction of sp³-hybridized carbons (Fsp3) is 0.621. The van der Waals surface area contributed by atoms with E-state index < -0.39 is 42.8 Å². The number of nitrogens with one attached hydrogen (secondary N) is 2. The zero-order valence-corrected chi connectivity index (χ0v) is 23.6. The monoisotopic (exact) mass is 537 g/mol. The Morgan fingerprint density at radius 3 is 2.54 bits per heavy atom. The number of ether oxygens (including phenoxy) is 1. The van der Waals surface area contributed by atoms with Gasteiger partial charge in [-0.25, -0.2) is 9.78 Å². The van der Waals surface area contributed by atoms with E-state index in [-0.39, 0.29) is 23.3 Å². The molecule has 3 N–H and O–H groups in total. The number of rotatable bonds is 8. The van der Waals surface area contributed by atoms with Crippen molar-refractivity contribution in [1.82, 2.24) is 15.6 Å². The predicted octanol–water partition coefficient (Wildman–Crippen LogP) is 3.87. The van der Waals surface area contributed by atoms with Crippen LogP contribution in [0.2, 0.25) is 0 Å². The minimum absolute atomic E-state index is 0.0130. The first kappa shape index (κ1) is 27.9. The fourth-order valence-corrected chi connectivity index (χ4v) is 6.87. The maximum absolute atomic E-state index is 13.4. The van der Waals surface area contributed by atoms with E-state index in [2.05, 4.69) is 50.2 Å². The van der Waals surface area contributed by atoms with E-state index in [1.807, 2.05) is 24.3 Å². The summed E-state index contributed by atoms with van der Waals surface area (Å²) in [6.45, 7) is 12.3. The van der Waals surface area contributed by atoms with Gasteiger partial charge in [0.25, 0.3) is 0 Å². The molecule has 3 saturated carbocycles. The summed E-state index contributed by atoms with van der Waals surface area (Å²) in [5.74, 6) is 0.397. The number of carbonyl (C=O) groups excluding carboxylic acids is 2. The van der Waals surface area contributed by atoms with E-state index in [0.717, 1.165) is 23.6 Å². The molecule has 1 aliphatic heterocycles. The highest BCUT2D eigenvalue weighted by atomic mass is 16.7. The van der Waals surface area contributed by atoms with Crippen molar-refractivity contribution in [2.24, 2.45) is 23.2 Å². The number of pyridine rings is 1. The van der Waals surface area contributed by atoms with Crippen molar-refractivity contribution in [3.8, 4) is 5.88 Å². The molecule has 6 rings (SSSR count). The van der Waals surface area contributed by atoms with Crippen LogP contribution in [-0.2, 0) is 14.1 Å². The van der Waals surface area contributed by atoms with Gasteiger partial charge in [-0.3, -0.25) is 4.79 Å². The van der Waals surface area contributed by atoms with Crippen LogP contribution < -0.4 is 15.4 Å². The minimum atomic E-state index is -1.24. The average Bonchev–Trinajstić information content (AvgIpc) is 3.23. The van der Waals surface area contributed by atoms with E-state index in [1.165, 1.54) is 6.92 Å². The highest BCUT2D eigenvalue weighted by Gasteiger charge is 2.68. The van der Waals surface area contributed by atoms with Crippen LogP contribution in [0, 0.1) is 23.2 Å². The number of amides is 2. The molecule has 39 heavy (non-hydrogen) atoms. The zero-order chi connectivity index (χ0) is 28.1. The van der Waals surface area contributed by atoms with Crippen molar-refractivity contribution >= 4 is 29.9 Å². The highest BCUT2D eigenvalue weighted by Crippen LogP contribution is 2.65. The van der Waals surface area contributed by atoms with Crippen LogP contribution >= 0.6 is 0 Å². The number of benzene rings is 1.